The van der Waals surface area contributed by atoms with Crippen molar-refractivity contribution in [2.45, 2.75) is 12.2 Å². The first kappa shape index (κ1) is 18.4. The number of morpholine rings is 1. The maximum absolute atomic E-state index is 12.0. The molecule has 25 heavy (non-hydrogen) atoms. The standard InChI is InChI=1S/C17H25N5O2S/c18-16(23)14-15(13-5-2-1-3-6-13)25-21-17(14,19)20-7-4-8-22-9-11-24-12-10-22/h1-3,5-6,20-21H,4,7-12,19H2,(H2,18,23). The lowest BCUT2D eigenvalue weighted by atomic mass is 10.0. The van der Waals surface area contributed by atoms with Gasteiger partial charge in [0, 0.05) is 18.0 Å². The highest BCUT2D eigenvalue weighted by atomic mass is 32.2. The lowest BCUT2D eigenvalue weighted by molar-refractivity contribution is -0.115. The van der Waals surface area contributed by atoms with Gasteiger partial charge in [0.1, 0.15) is 0 Å². The van der Waals surface area contributed by atoms with Crippen LogP contribution in [0.2, 0.25) is 0 Å². The minimum atomic E-state index is -1.12. The van der Waals surface area contributed by atoms with Crippen molar-refractivity contribution in [3.05, 3.63) is 41.5 Å². The molecule has 0 bridgehead atoms. The number of nitrogens with zero attached hydrogens (tertiary/aromatic N) is 1. The molecule has 2 aliphatic rings. The van der Waals surface area contributed by atoms with Gasteiger partial charge in [0.25, 0.3) is 5.91 Å². The monoisotopic (exact) mass is 363 g/mol. The second-order valence-corrected chi connectivity index (χ2v) is 7.00. The first-order valence-corrected chi connectivity index (χ1v) is 9.30. The average Bonchev–Trinajstić information content (AvgIpc) is 2.98. The lowest BCUT2D eigenvalue weighted by Crippen LogP contribution is -2.63. The Morgan fingerprint density at radius 3 is 2.72 bits per heavy atom. The Balaban J connectivity index is 1.63. The predicted octanol–water partition coefficient (Wildman–Crippen LogP) is 0.0588. The van der Waals surface area contributed by atoms with Crippen LogP contribution in [0.3, 0.4) is 0 Å². The van der Waals surface area contributed by atoms with Crippen LogP contribution in [0.4, 0.5) is 0 Å². The van der Waals surface area contributed by atoms with Crippen molar-refractivity contribution in [3.8, 4) is 0 Å². The minimum absolute atomic E-state index is 0.384. The summed E-state index contributed by atoms with van der Waals surface area (Å²) in [4.78, 5) is 15.2. The van der Waals surface area contributed by atoms with Gasteiger partial charge in [-0.2, -0.15) is 0 Å². The van der Waals surface area contributed by atoms with Crippen LogP contribution >= 0.6 is 11.9 Å². The van der Waals surface area contributed by atoms with E-state index in [4.69, 9.17) is 16.2 Å². The topological polar surface area (TPSA) is 106 Å². The third-order valence-corrected chi connectivity index (χ3v) is 5.44. The van der Waals surface area contributed by atoms with Gasteiger partial charge >= 0.3 is 0 Å². The van der Waals surface area contributed by atoms with Gasteiger partial charge in [0.15, 0.2) is 5.79 Å². The molecule has 1 atom stereocenters. The maximum Gasteiger partial charge on any atom is 0.250 e. The van der Waals surface area contributed by atoms with Gasteiger partial charge in [-0.1, -0.05) is 30.3 Å². The highest BCUT2D eigenvalue weighted by molar-refractivity contribution is 8.07. The summed E-state index contributed by atoms with van der Waals surface area (Å²) in [5.74, 6) is -1.63. The van der Waals surface area contributed by atoms with E-state index in [9.17, 15) is 4.79 Å². The molecule has 1 fully saturated rings. The van der Waals surface area contributed by atoms with Crippen LogP contribution in [-0.2, 0) is 9.53 Å². The second-order valence-electron chi connectivity index (χ2n) is 6.18. The third kappa shape index (κ3) is 4.41. The van der Waals surface area contributed by atoms with Crippen molar-refractivity contribution in [1.29, 1.82) is 0 Å². The zero-order valence-corrected chi connectivity index (χ0v) is 15.0. The van der Waals surface area contributed by atoms with Gasteiger partial charge in [0.05, 0.1) is 18.8 Å². The summed E-state index contributed by atoms with van der Waals surface area (Å²) >= 11 is 1.34. The smallest absolute Gasteiger partial charge is 0.250 e. The zero-order chi connectivity index (χ0) is 17.7. The molecule has 6 N–H and O–H groups in total. The van der Waals surface area contributed by atoms with E-state index in [0.717, 1.165) is 49.7 Å². The number of hydrogen-bond donors (Lipinski definition) is 4. The van der Waals surface area contributed by atoms with Gasteiger partial charge < -0.3 is 10.5 Å². The van der Waals surface area contributed by atoms with Crippen molar-refractivity contribution >= 4 is 22.8 Å². The van der Waals surface area contributed by atoms with Crippen LogP contribution in [-0.4, -0.2) is 56.0 Å². The largest absolute Gasteiger partial charge is 0.379 e. The number of ether oxygens (including phenoxy) is 1. The molecule has 1 aromatic rings. The highest BCUT2D eigenvalue weighted by Gasteiger charge is 2.41. The number of amides is 1. The minimum Gasteiger partial charge on any atom is -0.379 e. The molecule has 1 amide bonds. The van der Waals surface area contributed by atoms with E-state index < -0.39 is 11.7 Å². The molecular formula is C17H25N5O2S. The van der Waals surface area contributed by atoms with E-state index in [-0.39, 0.29) is 0 Å². The number of hydrogen-bond acceptors (Lipinski definition) is 7. The Kier molecular flexibility index (Phi) is 6.10. The Morgan fingerprint density at radius 2 is 2.04 bits per heavy atom. The number of carbonyl (C=O) groups is 1. The van der Waals surface area contributed by atoms with Crippen LogP contribution < -0.4 is 21.5 Å². The number of rotatable bonds is 7. The number of nitrogens with two attached hydrogens (primary N) is 2. The van der Waals surface area contributed by atoms with E-state index in [0.29, 0.717) is 12.1 Å². The molecule has 0 aromatic heterocycles. The van der Waals surface area contributed by atoms with Gasteiger partial charge in [-0.25, -0.2) is 4.72 Å². The number of nitrogens with one attached hydrogen (secondary N) is 2. The fourth-order valence-electron chi connectivity index (χ4n) is 3.05. The molecule has 1 saturated heterocycles. The second kappa shape index (κ2) is 8.31. The van der Waals surface area contributed by atoms with Gasteiger partial charge in [-0.05, 0) is 37.0 Å². The van der Waals surface area contributed by atoms with E-state index in [1.165, 1.54) is 11.9 Å². The van der Waals surface area contributed by atoms with Crippen LogP contribution in [0.25, 0.3) is 4.91 Å². The summed E-state index contributed by atoms with van der Waals surface area (Å²) in [6, 6.07) is 9.66. The molecule has 2 aliphatic heterocycles. The molecule has 1 unspecified atom stereocenters. The molecule has 0 radical (unpaired) electrons. The highest BCUT2D eigenvalue weighted by Crippen LogP contribution is 2.38. The van der Waals surface area contributed by atoms with Gasteiger partial charge in [-0.15, -0.1) is 0 Å². The van der Waals surface area contributed by atoms with Crippen molar-refractivity contribution in [2.75, 3.05) is 39.4 Å². The normalized spacial score (nSPS) is 24.7. The maximum atomic E-state index is 12.0. The molecule has 3 rings (SSSR count). The first-order valence-electron chi connectivity index (χ1n) is 8.48. The van der Waals surface area contributed by atoms with Crippen LogP contribution in [0.15, 0.2) is 35.9 Å². The Morgan fingerprint density at radius 1 is 1.32 bits per heavy atom. The molecular weight excluding hydrogens is 338 g/mol. The number of primary amides is 1. The first-order chi connectivity index (χ1) is 12.1. The molecule has 8 heteroatoms. The summed E-state index contributed by atoms with van der Waals surface area (Å²) in [6.45, 7) is 5.17. The van der Waals surface area contributed by atoms with Crippen molar-refractivity contribution in [3.63, 3.8) is 0 Å². The van der Waals surface area contributed by atoms with Crippen molar-refractivity contribution < 1.29 is 9.53 Å². The van der Waals surface area contributed by atoms with Gasteiger partial charge in [0.2, 0.25) is 0 Å². The summed E-state index contributed by atoms with van der Waals surface area (Å²) in [7, 11) is 0. The molecule has 2 heterocycles. The zero-order valence-electron chi connectivity index (χ0n) is 14.2. The van der Waals surface area contributed by atoms with E-state index >= 15 is 0 Å². The van der Waals surface area contributed by atoms with Crippen LogP contribution in [0, 0.1) is 0 Å². The SMILES string of the molecule is NC(=O)C1=C(c2ccccc2)SNC1(N)NCCCN1CCOCC1. The van der Waals surface area contributed by atoms with Crippen molar-refractivity contribution in [2.24, 2.45) is 11.5 Å². The average molecular weight is 363 g/mol. The molecule has 0 saturated carbocycles. The van der Waals surface area contributed by atoms with E-state index in [1.54, 1.807) is 0 Å². The Hall–Kier alpha value is -1.42. The van der Waals surface area contributed by atoms with Gasteiger partial charge in [-0.3, -0.25) is 20.7 Å². The van der Waals surface area contributed by atoms with Crippen LogP contribution in [0.5, 0.6) is 0 Å². The fraction of sp³-hybridized carbons (Fsp3) is 0.471. The number of carbonyl (C=O) groups excluding carboxylic acids is 1. The third-order valence-electron chi connectivity index (χ3n) is 4.38. The molecule has 0 spiro atoms. The lowest BCUT2D eigenvalue weighted by Gasteiger charge is -2.29. The number of benzene rings is 1. The van der Waals surface area contributed by atoms with E-state index in [1.807, 2.05) is 30.3 Å². The summed E-state index contributed by atoms with van der Waals surface area (Å²) in [5.41, 5.74) is 13.4. The Labute approximate surface area is 152 Å². The van der Waals surface area contributed by atoms with E-state index in [2.05, 4.69) is 14.9 Å². The van der Waals surface area contributed by atoms with Crippen molar-refractivity contribution in [1.82, 2.24) is 14.9 Å². The fourth-order valence-corrected chi connectivity index (χ4v) is 4.10. The van der Waals surface area contributed by atoms with Crippen LogP contribution in [0.1, 0.15) is 12.0 Å². The molecule has 136 valence electrons. The molecule has 7 nitrogen and oxygen atoms in total. The molecule has 0 aliphatic carbocycles. The summed E-state index contributed by atoms with van der Waals surface area (Å²) in [5, 5.41) is 3.26. The summed E-state index contributed by atoms with van der Waals surface area (Å²) in [6.07, 6.45) is 0.929. The predicted molar refractivity (Wildman–Crippen MR) is 100 cm³/mol. The molecule has 1 aromatic carbocycles. The quantitative estimate of drug-likeness (QED) is 0.308. The summed E-state index contributed by atoms with van der Waals surface area (Å²) < 4.78 is 8.48. The Bertz CT molecular complexity index is 633.